The van der Waals surface area contributed by atoms with Gasteiger partial charge in [-0.15, -0.1) is 0 Å². The zero-order valence-corrected chi connectivity index (χ0v) is 10.9. The molecule has 0 saturated heterocycles. The maximum Gasteiger partial charge on any atom is 0.179 e. The fourth-order valence-electron chi connectivity index (χ4n) is 1.81. The highest BCUT2D eigenvalue weighted by Gasteiger charge is 2.19. The second kappa shape index (κ2) is 5.41. The molecule has 0 spiro atoms. The minimum absolute atomic E-state index is 0.297. The van der Waals surface area contributed by atoms with Gasteiger partial charge in [0.25, 0.3) is 0 Å². The Bertz CT molecular complexity index is 378. The highest BCUT2D eigenvalue weighted by Crippen LogP contribution is 2.42. The van der Waals surface area contributed by atoms with Gasteiger partial charge in [0.15, 0.2) is 11.5 Å². The molecule has 0 aromatic heterocycles. The molecule has 4 heteroatoms. The SMILES string of the molecule is COc1cc(CN)c(C(C)C)c(Cl)c1OC. The Morgan fingerprint density at radius 1 is 1.31 bits per heavy atom. The van der Waals surface area contributed by atoms with E-state index >= 15 is 0 Å². The zero-order chi connectivity index (χ0) is 12.3. The van der Waals surface area contributed by atoms with Gasteiger partial charge < -0.3 is 15.2 Å². The van der Waals surface area contributed by atoms with Crippen molar-refractivity contribution in [1.82, 2.24) is 0 Å². The van der Waals surface area contributed by atoms with Crippen molar-refractivity contribution in [3.8, 4) is 11.5 Å². The van der Waals surface area contributed by atoms with Crippen LogP contribution in [0.25, 0.3) is 0 Å². The number of halogens is 1. The highest BCUT2D eigenvalue weighted by atomic mass is 35.5. The molecule has 0 aliphatic heterocycles. The molecule has 1 aromatic rings. The summed E-state index contributed by atoms with van der Waals surface area (Å²) in [4.78, 5) is 0. The van der Waals surface area contributed by atoms with Gasteiger partial charge >= 0.3 is 0 Å². The Kier molecular flexibility index (Phi) is 4.44. The average molecular weight is 244 g/mol. The Hall–Kier alpha value is -0.930. The van der Waals surface area contributed by atoms with E-state index in [-0.39, 0.29) is 0 Å². The van der Waals surface area contributed by atoms with Gasteiger partial charge in [-0.1, -0.05) is 25.4 Å². The van der Waals surface area contributed by atoms with Crippen LogP contribution in [0, 0.1) is 0 Å². The lowest BCUT2D eigenvalue weighted by Crippen LogP contribution is -2.06. The van der Waals surface area contributed by atoms with E-state index in [9.17, 15) is 0 Å². The first-order valence-corrected chi connectivity index (χ1v) is 5.57. The van der Waals surface area contributed by atoms with Crippen LogP contribution < -0.4 is 15.2 Å². The maximum atomic E-state index is 6.31. The molecule has 1 aromatic carbocycles. The van der Waals surface area contributed by atoms with Gasteiger partial charge in [0.2, 0.25) is 0 Å². The largest absolute Gasteiger partial charge is 0.493 e. The molecule has 0 radical (unpaired) electrons. The van der Waals surface area contributed by atoms with Gasteiger partial charge in [-0.05, 0) is 23.1 Å². The van der Waals surface area contributed by atoms with Crippen molar-refractivity contribution in [1.29, 1.82) is 0 Å². The van der Waals surface area contributed by atoms with Crippen LogP contribution in [-0.2, 0) is 6.54 Å². The van der Waals surface area contributed by atoms with Crippen LogP contribution in [0.1, 0.15) is 30.9 Å². The predicted molar refractivity (Wildman–Crippen MR) is 66.5 cm³/mol. The van der Waals surface area contributed by atoms with Crippen molar-refractivity contribution in [3.05, 3.63) is 22.2 Å². The van der Waals surface area contributed by atoms with E-state index in [0.29, 0.717) is 29.0 Å². The van der Waals surface area contributed by atoms with E-state index < -0.39 is 0 Å². The smallest absolute Gasteiger partial charge is 0.179 e. The summed E-state index contributed by atoms with van der Waals surface area (Å²) in [5.41, 5.74) is 7.74. The Morgan fingerprint density at radius 2 is 1.94 bits per heavy atom. The highest BCUT2D eigenvalue weighted by molar-refractivity contribution is 6.33. The summed E-state index contributed by atoms with van der Waals surface area (Å²) in [6, 6.07) is 1.89. The molecule has 0 unspecified atom stereocenters. The van der Waals surface area contributed by atoms with E-state index in [1.807, 2.05) is 6.07 Å². The first-order valence-electron chi connectivity index (χ1n) is 5.20. The molecule has 0 heterocycles. The summed E-state index contributed by atoms with van der Waals surface area (Å²) in [5, 5.41) is 0.595. The van der Waals surface area contributed by atoms with Gasteiger partial charge in [-0.25, -0.2) is 0 Å². The van der Waals surface area contributed by atoms with Crippen molar-refractivity contribution >= 4 is 11.6 Å². The van der Waals surface area contributed by atoms with Crippen LogP contribution in [0.5, 0.6) is 11.5 Å². The maximum absolute atomic E-state index is 6.31. The van der Waals surface area contributed by atoms with Crippen LogP contribution >= 0.6 is 11.6 Å². The summed E-state index contributed by atoms with van der Waals surface area (Å²) >= 11 is 6.31. The quantitative estimate of drug-likeness (QED) is 0.884. The Morgan fingerprint density at radius 3 is 2.31 bits per heavy atom. The molecule has 0 atom stereocenters. The Balaban J connectivity index is 3.48. The molecule has 0 aliphatic carbocycles. The fraction of sp³-hybridized carbons (Fsp3) is 0.500. The molecule has 0 amide bonds. The van der Waals surface area contributed by atoms with Crippen LogP contribution in [0.3, 0.4) is 0 Å². The number of rotatable bonds is 4. The van der Waals surface area contributed by atoms with Gasteiger partial charge in [0.1, 0.15) is 0 Å². The van der Waals surface area contributed by atoms with Crippen LogP contribution in [0.4, 0.5) is 0 Å². The molecule has 3 nitrogen and oxygen atoms in total. The van der Waals surface area contributed by atoms with E-state index in [2.05, 4.69) is 13.8 Å². The molecule has 0 aliphatic rings. The Labute approximate surface area is 101 Å². The molecule has 0 fully saturated rings. The van der Waals surface area contributed by atoms with Crippen molar-refractivity contribution in [2.75, 3.05) is 14.2 Å². The van der Waals surface area contributed by atoms with Gasteiger partial charge in [0, 0.05) is 6.54 Å². The van der Waals surface area contributed by atoms with Crippen molar-refractivity contribution in [3.63, 3.8) is 0 Å². The molecule has 90 valence electrons. The lowest BCUT2D eigenvalue weighted by molar-refractivity contribution is 0.354. The molecule has 0 saturated carbocycles. The number of methoxy groups -OCH3 is 2. The fourth-order valence-corrected chi connectivity index (χ4v) is 2.32. The lowest BCUT2D eigenvalue weighted by atomic mass is 9.96. The van der Waals surface area contributed by atoms with Crippen LogP contribution in [-0.4, -0.2) is 14.2 Å². The predicted octanol–water partition coefficient (Wildman–Crippen LogP) is 2.94. The number of hydrogen-bond acceptors (Lipinski definition) is 3. The molecular weight excluding hydrogens is 226 g/mol. The minimum atomic E-state index is 0.297. The third-order valence-corrected chi connectivity index (χ3v) is 2.91. The zero-order valence-electron chi connectivity index (χ0n) is 10.1. The third-order valence-electron chi connectivity index (χ3n) is 2.53. The summed E-state index contributed by atoms with van der Waals surface area (Å²) in [6.07, 6.45) is 0. The van der Waals surface area contributed by atoms with Crippen molar-refractivity contribution in [2.24, 2.45) is 5.73 Å². The second-order valence-corrected chi connectivity index (χ2v) is 4.24. The molecule has 0 bridgehead atoms. The first-order chi connectivity index (χ1) is 7.56. The average Bonchev–Trinajstić information content (AvgIpc) is 2.26. The van der Waals surface area contributed by atoms with Gasteiger partial charge in [-0.3, -0.25) is 0 Å². The van der Waals surface area contributed by atoms with E-state index in [1.54, 1.807) is 14.2 Å². The number of ether oxygens (including phenoxy) is 2. The van der Waals surface area contributed by atoms with Crippen LogP contribution in [0.15, 0.2) is 6.07 Å². The standard InChI is InChI=1S/C12H18ClNO2/c1-7(2)10-8(6-14)5-9(15-3)12(16-4)11(10)13/h5,7H,6,14H2,1-4H3. The van der Waals surface area contributed by atoms with Gasteiger partial charge in [-0.2, -0.15) is 0 Å². The number of nitrogens with two attached hydrogens (primary N) is 1. The summed E-state index contributed by atoms with van der Waals surface area (Å²) in [7, 11) is 3.17. The number of benzene rings is 1. The second-order valence-electron chi connectivity index (χ2n) is 3.86. The monoisotopic (exact) mass is 243 g/mol. The van der Waals surface area contributed by atoms with E-state index in [0.717, 1.165) is 11.1 Å². The van der Waals surface area contributed by atoms with Crippen molar-refractivity contribution < 1.29 is 9.47 Å². The van der Waals surface area contributed by atoms with Crippen molar-refractivity contribution in [2.45, 2.75) is 26.3 Å². The molecular formula is C12H18ClNO2. The summed E-state index contributed by atoms with van der Waals surface area (Å²) in [6.45, 7) is 4.59. The minimum Gasteiger partial charge on any atom is -0.493 e. The third kappa shape index (κ3) is 2.25. The normalized spacial score (nSPS) is 10.7. The van der Waals surface area contributed by atoms with E-state index in [4.69, 9.17) is 26.8 Å². The summed E-state index contributed by atoms with van der Waals surface area (Å²) < 4.78 is 10.5. The first kappa shape index (κ1) is 13.1. The number of hydrogen-bond donors (Lipinski definition) is 1. The molecule has 16 heavy (non-hydrogen) atoms. The van der Waals surface area contributed by atoms with E-state index in [1.165, 1.54) is 0 Å². The van der Waals surface area contributed by atoms with Gasteiger partial charge in [0.05, 0.1) is 19.2 Å². The molecule has 1 rings (SSSR count). The topological polar surface area (TPSA) is 44.5 Å². The molecule has 2 N–H and O–H groups in total. The van der Waals surface area contributed by atoms with Crippen LogP contribution in [0.2, 0.25) is 5.02 Å². The summed E-state index contributed by atoms with van der Waals surface area (Å²) in [5.74, 6) is 1.49. The lowest BCUT2D eigenvalue weighted by Gasteiger charge is -2.18.